The molecule has 1 aliphatic rings. The second-order valence-corrected chi connectivity index (χ2v) is 6.39. The third kappa shape index (κ3) is 6.40. The first-order chi connectivity index (χ1) is 13.0. The number of nitrogens with two attached hydrogens (primary N) is 1. The molecule has 0 saturated carbocycles. The number of esters is 1. The standard InChI is InChI=1S/C17H29N5O5/c1-2-3-4-5-6-8-12(23)26-9-7-10-27-17(25)22-11-19-13-14(22)20-16(18)21-15(13)24/h17,19,25H,2-11H2,1H3,(H3,18,20,21,24). The van der Waals surface area contributed by atoms with E-state index in [1.807, 2.05) is 0 Å². The fraction of sp³-hybridized carbons (Fsp3) is 0.706. The highest BCUT2D eigenvalue weighted by molar-refractivity contribution is 5.70. The number of H-pyrrole nitrogens is 1. The Morgan fingerprint density at radius 2 is 2.07 bits per heavy atom. The van der Waals surface area contributed by atoms with E-state index in [1.54, 1.807) is 0 Å². The average molecular weight is 383 g/mol. The Kier molecular flexibility index (Phi) is 8.34. The fourth-order valence-electron chi connectivity index (χ4n) is 2.74. The number of anilines is 3. The Labute approximate surface area is 158 Å². The second-order valence-electron chi connectivity index (χ2n) is 6.39. The van der Waals surface area contributed by atoms with Gasteiger partial charge in [-0.05, 0) is 6.42 Å². The van der Waals surface area contributed by atoms with Crippen LogP contribution in [0.25, 0.3) is 0 Å². The molecule has 0 aromatic carbocycles. The summed E-state index contributed by atoms with van der Waals surface area (Å²) in [5.41, 5.74) is 5.36. The number of unbranched alkanes of at least 4 members (excludes halogenated alkanes) is 4. The zero-order valence-electron chi connectivity index (χ0n) is 15.7. The van der Waals surface area contributed by atoms with Gasteiger partial charge in [-0.2, -0.15) is 4.98 Å². The van der Waals surface area contributed by atoms with Gasteiger partial charge in [0, 0.05) is 12.8 Å². The van der Waals surface area contributed by atoms with Crippen molar-refractivity contribution < 1.29 is 19.4 Å². The lowest BCUT2D eigenvalue weighted by atomic mass is 10.1. The van der Waals surface area contributed by atoms with Crippen molar-refractivity contribution in [3.63, 3.8) is 0 Å². The molecule has 1 atom stereocenters. The molecule has 0 aliphatic carbocycles. The number of nitrogens with zero attached hydrogens (tertiary/aromatic N) is 2. The van der Waals surface area contributed by atoms with Crippen LogP contribution in [0.1, 0.15) is 51.9 Å². The highest BCUT2D eigenvalue weighted by Crippen LogP contribution is 2.27. The van der Waals surface area contributed by atoms with Crippen LogP contribution < -0.4 is 21.5 Å². The van der Waals surface area contributed by atoms with Crippen molar-refractivity contribution >= 4 is 23.4 Å². The van der Waals surface area contributed by atoms with Gasteiger partial charge in [0.25, 0.3) is 5.56 Å². The molecule has 1 unspecified atom stereocenters. The molecule has 1 aromatic heterocycles. The maximum Gasteiger partial charge on any atom is 0.305 e. The third-order valence-corrected chi connectivity index (χ3v) is 4.19. The van der Waals surface area contributed by atoms with Crippen LogP contribution in [-0.2, 0) is 14.3 Å². The van der Waals surface area contributed by atoms with E-state index in [-0.39, 0.29) is 43.3 Å². The maximum absolute atomic E-state index is 11.8. The lowest BCUT2D eigenvalue weighted by Crippen LogP contribution is -2.37. The van der Waals surface area contributed by atoms with Gasteiger partial charge >= 0.3 is 5.97 Å². The predicted octanol–water partition coefficient (Wildman–Crippen LogP) is 1.13. The molecule has 2 rings (SSSR count). The molecule has 2 heterocycles. The monoisotopic (exact) mass is 383 g/mol. The molecule has 10 heteroatoms. The summed E-state index contributed by atoms with van der Waals surface area (Å²) in [6, 6.07) is 0. The van der Waals surface area contributed by atoms with Crippen LogP contribution in [0.4, 0.5) is 17.5 Å². The molecule has 0 amide bonds. The number of nitrogens with one attached hydrogen (secondary N) is 2. The number of ether oxygens (including phenoxy) is 2. The van der Waals surface area contributed by atoms with Crippen LogP contribution in [0, 0.1) is 0 Å². The third-order valence-electron chi connectivity index (χ3n) is 4.19. The minimum atomic E-state index is -1.29. The number of hydrogen-bond acceptors (Lipinski definition) is 9. The zero-order chi connectivity index (χ0) is 19.6. The Hall–Kier alpha value is -2.33. The molecule has 10 nitrogen and oxygen atoms in total. The molecule has 152 valence electrons. The predicted molar refractivity (Wildman–Crippen MR) is 101 cm³/mol. The van der Waals surface area contributed by atoms with Gasteiger partial charge in [0.2, 0.25) is 12.4 Å². The van der Waals surface area contributed by atoms with Gasteiger partial charge in [0.15, 0.2) is 5.82 Å². The summed E-state index contributed by atoms with van der Waals surface area (Å²) in [5, 5.41) is 13.0. The SMILES string of the molecule is CCCCCCCC(=O)OCCCOC(O)N1CNc2c1nc(N)[nH]c2=O. The van der Waals surface area contributed by atoms with Crippen molar-refractivity contribution in [2.45, 2.75) is 58.3 Å². The van der Waals surface area contributed by atoms with Gasteiger partial charge in [0.05, 0.1) is 19.9 Å². The van der Waals surface area contributed by atoms with E-state index >= 15 is 0 Å². The number of aliphatic hydroxyl groups is 1. The lowest BCUT2D eigenvalue weighted by molar-refractivity contribution is -0.145. The lowest BCUT2D eigenvalue weighted by Gasteiger charge is -2.23. The van der Waals surface area contributed by atoms with E-state index in [1.165, 1.54) is 17.7 Å². The molecular weight excluding hydrogens is 354 g/mol. The van der Waals surface area contributed by atoms with E-state index in [0.29, 0.717) is 12.8 Å². The van der Waals surface area contributed by atoms with E-state index in [0.717, 1.165) is 19.3 Å². The van der Waals surface area contributed by atoms with Crippen molar-refractivity contribution in [1.82, 2.24) is 9.97 Å². The molecule has 0 bridgehead atoms. The minimum Gasteiger partial charge on any atom is -0.466 e. The van der Waals surface area contributed by atoms with Gasteiger partial charge < -0.3 is 25.6 Å². The van der Waals surface area contributed by atoms with E-state index in [2.05, 4.69) is 22.2 Å². The van der Waals surface area contributed by atoms with Gasteiger partial charge in [-0.15, -0.1) is 0 Å². The van der Waals surface area contributed by atoms with Crippen molar-refractivity contribution in [2.75, 3.05) is 35.8 Å². The summed E-state index contributed by atoms with van der Waals surface area (Å²) in [4.78, 5) is 31.1. The maximum atomic E-state index is 11.8. The Bertz CT molecular complexity index is 666. The molecular formula is C17H29N5O5. The van der Waals surface area contributed by atoms with Crippen molar-refractivity contribution in [2.24, 2.45) is 0 Å². The Morgan fingerprint density at radius 3 is 2.85 bits per heavy atom. The minimum absolute atomic E-state index is 0.0405. The molecule has 0 spiro atoms. The summed E-state index contributed by atoms with van der Waals surface area (Å²) >= 11 is 0. The van der Waals surface area contributed by atoms with Crippen molar-refractivity contribution in [3.05, 3.63) is 10.4 Å². The molecule has 1 aromatic rings. The van der Waals surface area contributed by atoms with Crippen LogP contribution in [0.2, 0.25) is 0 Å². The number of nitrogen functional groups attached to an aromatic ring is 1. The van der Waals surface area contributed by atoms with Gasteiger partial charge in [0.1, 0.15) is 5.69 Å². The largest absolute Gasteiger partial charge is 0.466 e. The normalized spacial score (nSPS) is 13.9. The molecule has 5 N–H and O–H groups in total. The van der Waals surface area contributed by atoms with Crippen LogP contribution in [-0.4, -0.2) is 47.3 Å². The molecule has 27 heavy (non-hydrogen) atoms. The Morgan fingerprint density at radius 1 is 1.30 bits per heavy atom. The molecule has 1 aliphatic heterocycles. The summed E-state index contributed by atoms with van der Waals surface area (Å²) in [5.74, 6) is -0.0110. The number of carbonyl (C=O) groups is 1. The summed E-state index contributed by atoms with van der Waals surface area (Å²) in [7, 11) is 0. The number of aliphatic hydroxyl groups excluding tert-OH is 1. The Balaban J connectivity index is 1.62. The summed E-state index contributed by atoms with van der Waals surface area (Å²) in [6.07, 6.45) is 5.02. The van der Waals surface area contributed by atoms with Crippen LogP contribution in [0.5, 0.6) is 0 Å². The van der Waals surface area contributed by atoms with E-state index < -0.39 is 12.0 Å². The van der Waals surface area contributed by atoms with Crippen LogP contribution in [0.3, 0.4) is 0 Å². The first kappa shape index (κ1) is 21.0. The van der Waals surface area contributed by atoms with Gasteiger partial charge in [-0.3, -0.25) is 19.5 Å². The average Bonchev–Trinajstić information content (AvgIpc) is 3.05. The number of hydrogen-bond donors (Lipinski definition) is 4. The van der Waals surface area contributed by atoms with Crippen LogP contribution in [0.15, 0.2) is 4.79 Å². The number of aromatic nitrogens is 2. The first-order valence-electron chi connectivity index (χ1n) is 9.38. The van der Waals surface area contributed by atoms with Gasteiger partial charge in [-0.25, -0.2) is 0 Å². The molecule has 0 fully saturated rings. The first-order valence-corrected chi connectivity index (χ1v) is 9.38. The number of fused-ring (bicyclic) bond motifs is 1. The van der Waals surface area contributed by atoms with Gasteiger partial charge in [-0.1, -0.05) is 32.6 Å². The molecule has 0 saturated heterocycles. The zero-order valence-corrected chi connectivity index (χ0v) is 15.7. The van der Waals surface area contributed by atoms with Crippen molar-refractivity contribution in [3.8, 4) is 0 Å². The van der Waals surface area contributed by atoms with Crippen LogP contribution >= 0.6 is 0 Å². The van der Waals surface area contributed by atoms with E-state index in [9.17, 15) is 14.7 Å². The molecule has 0 radical (unpaired) electrons. The summed E-state index contributed by atoms with van der Waals surface area (Å²) in [6.45, 7) is 2.75. The van der Waals surface area contributed by atoms with E-state index in [4.69, 9.17) is 15.2 Å². The fourth-order valence-corrected chi connectivity index (χ4v) is 2.74. The topological polar surface area (TPSA) is 143 Å². The number of carbonyl (C=O) groups excluding carboxylic acids is 1. The highest BCUT2D eigenvalue weighted by Gasteiger charge is 2.29. The number of aromatic amines is 1. The quantitative estimate of drug-likeness (QED) is 0.237. The highest BCUT2D eigenvalue weighted by atomic mass is 16.6. The van der Waals surface area contributed by atoms with Crippen molar-refractivity contribution in [1.29, 1.82) is 0 Å². The smallest absolute Gasteiger partial charge is 0.305 e. The number of rotatable bonds is 12. The second kappa shape index (κ2) is 10.7. The summed E-state index contributed by atoms with van der Waals surface area (Å²) < 4.78 is 10.5.